The van der Waals surface area contributed by atoms with Crippen molar-refractivity contribution in [2.45, 2.75) is 13.3 Å². The fourth-order valence-electron chi connectivity index (χ4n) is 1.81. The number of aryl methyl sites for hydroxylation is 1. The van der Waals surface area contributed by atoms with E-state index in [2.05, 4.69) is 4.98 Å². The molecule has 2 aromatic rings. The summed E-state index contributed by atoms with van der Waals surface area (Å²) in [4.78, 5) is 18.0. The molecule has 1 amide bonds. The lowest BCUT2D eigenvalue weighted by Gasteiger charge is -2.17. The number of H-pyrrole nitrogens is 1. The van der Waals surface area contributed by atoms with E-state index in [0.717, 1.165) is 22.0 Å². The summed E-state index contributed by atoms with van der Waals surface area (Å²) in [5, 5.41) is 0. The van der Waals surface area contributed by atoms with Gasteiger partial charge < -0.3 is 14.6 Å². The lowest BCUT2D eigenvalue weighted by Crippen LogP contribution is -2.27. The Bertz CT molecular complexity index is 659. The molecule has 0 aliphatic heterocycles. The number of ether oxygens (including phenoxy) is 1. The first kappa shape index (κ1) is 14.7. The van der Waals surface area contributed by atoms with Gasteiger partial charge in [0.05, 0.1) is 13.5 Å². The van der Waals surface area contributed by atoms with E-state index in [1.807, 2.05) is 31.2 Å². The molecule has 0 radical (unpaired) electrons. The van der Waals surface area contributed by atoms with E-state index in [1.165, 1.54) is 11.3 Å². The van der Waals surface area contributed by atoms with Gasteiger partial charge in [-0.3, -0.25) is 4.79 Å². The minimum atomic E-state index is 0.0310. The molecule has 0 saturated heterocycles. The van der Waals surface area contributed by atoms with Crippen molar-refractivity contribution in [1.29, 1.82) is 0 Å². The number of hydrogen-bond acceptors (Lipinski definition) is 4. The molecule has 20 heavy (non-hydrogen) atoms. The number of anilines is 1. The topological polar surface area (TPSA) is 45.3 Å². The van der Waals surface area contributed by atoms with Gasteiger partial charge in [-0.05, 0) is 43.4 Å². The Balaban J connectivity index is 2.11. The normalized spacial score (nSPS) is 10.3. The molecule has 1 N–H and O–H groups in total. The number of aromatic nitrogens is 1. The van der Waals surface area contributed by atoms with Gasteiger partial charge in [-0.25, -0.2) is 0 Å². The van der Waals surface area contributed by atoms with Gasteiger partial charge >= 0.3 is 0 Å². The number of thiazole rings is 1. The van der Waals surface area contributed by atoms with Crippen LogP contribution in [0.15, 0.2) is 24.3 Å². The molecule has 1 heterocycles. The predicted octanol–water partition coefficient (Wildman–Crippen LogP) is 3.33. The second-order valence-electron chi connectivity index (χ2n) is 4.39. The van der Waals surface area contributed by atoms with Crippen molar-refractivity contribution in [2.75, 3.05) is 19.1 Å². The zero-order valence-electron chi connectivity index (χ0n) is 11.6. The van der Waals surface area contributed by atoms with Gasteiger partial charge in [0.1, 0.15) is 5.75 Å². The molecule has 0 saturated carbocycles. The van der Waals surface area contributed by atoms with Crippen LogP contribution in [0.25, 0.3) is 0 Å². The fourth-order valence-corrected chi connectivity index (χ4v) is 3.09. The highest BCUT2D eigenvalue weighted by atomic mass is 32.1. The molecule has 0 spiro atoms. The second-order valence-corrected chi connectivity index (χ2v) is 6.16. The van der Waals surface area contributed by atoms with Gasteiger partial charge in [-0.15, -0.1) is 11.3 Å². The van der Waals surface area contributed by atoms with Gasteiger partial charge in [-0.1, -0.05) is 0 Å². The highest BCUT2D eigenvalue weighted by Crippen LogP contribution is 2.21. The molecular weight excluding hydrogens is 292 g/mol. The Labute approximate surface area is 127 Å². The highest BCUT2D eigenvalue weighted by Gasteiger charge is 2.14. The lowest BCUT2D eigenvalue weighted by molar-refractivity contribution is -0.117. The van der Waals surface area contributed by atoms with Crippen molar-refractivity contribution in [2.24, 2.45) is 0 Å². The molecule has 6 heteroatoms. The standard InChI is InChI=1S/C14H16N2O2S2/c1-9-12(20-14(19)15-9)8-13(17)16(2)10-4-6-11(18-3)7-5-10/h4-7H,8H2,1-3H3,(H,15,19). The Morgan fingerprint density at radius 3 is 2.55 bits per heavy atom. The Morgan fingerprint density at radius 1 is 1.40 bits per heavy atom. The van der Waals surface area contributed by atoms with Crippen molar-refractivity contribution in [3.63, 3.8) is 0 Å². The maximum absolute atomic E-state index is 12.3. The largest absolute Gasteiger partial charge is 0.497 e. The first-order valence-corrected chi connectivity index (χ1v) is 7.33. The quantitative estimate of drug-likeness (QED) is 0.881. The Morgan fingerprint density at radius 2 is 2.05 bits per heavy atom. The van der Waals surface area contributed by atoms with E-state index in [-0.39, 0.29) is 5.91 Å². The van der Waals surface area contributed by atoms with E-state index in [0.29, 0.717) is 10.4 Å². The summed E-state index contributed by atoms with van der Waals surface area (Å²) in [6.07, 6.45) is 0.353. The van der Waals surface area contributed by atoms with Crippen LogP contribution in [0.5, 0.6) is 5.75 Å². The lowest BCUT2D eigenvalue weighted by atomic mass is 10.2. The van der Waals surface area contributed by atoms with E-state index < -0.39 is 0 Å². The van der Waals surface area contributed by atoms with Crippen molar-refractivity contribution in [1.82, 2.24) is 4.98 Å². The molecule has 1 aromatic carbocycles. The summed E-state index contributed by atoms with van der Waals surface area (Å²) < 4.78 is 5.81. The zero-order valence-corrected chi connectivity index (χ0v) is 13.2. The van der Waals surface area contributed by atoms with Crippen molar-refractivity contribution < 1.29 is 9.53 Å². The Hall–Kier alpha value is -1.66. The van der Waals surface area contributed by atoms with Crippen LogP contribution in [0.1, 0.15) is 10.6 Å². The predicted molar refractivity (Wildman–Crippen MR) is 84.3 cm³/mol. The van der Waals surface area contributed by atoms with Gasteiger partial charge in [0.2, 0.25) is 5.91 Å². The third-order valence-corrected chi connectivity index (χ3v) is 4.41. The molecule has 2 rings (SSSR count). The number of carbonyl (C=O) groups is 1. The average molecular weight is 308 g/mol. The average Bonchev–Trinajstić information content (AvgIpc) is 2.76. The Kier molecular flexibility index (Phi) is 4.57. The van der Waals surface area contributed by atoms with Crippen LogP contribution in [-0.4, -0.2) is 25.0 Å². The fraction of sp³-hybridized carbons (Fsp3) is 0.286. The zero-order chi connectivity index (χ0) is 14.7. The minimum Gasteiger partial charge on any atom is -0.497 e. The van der Waals surface area contributed by atoms with Gasteiger partial charge in [-0.2, -0.15) is 0 Å². The maximum atomic E-state index is 12.3. The summed E-state index contributed by atoms with van der Waals surface area (Å²) in [6.45, 7) is 1.93. The third kappa shape index (κ3) is 3.26. The van der Waals surface area contributed by atoms with Gasteiger partial charge in [0.25, 0.3) is 0 Å². The molecule has 1 aromatic heterocycles. The summed E-state index contributed by atoms with van der Waals surface area (Å²) in [6, 6.07) is 7.40. The molecule has 0 bridgehead atoms. The molecule has 106 valence electrons. The molecule has 0 atom stereocenters. The van der Waals surface area contributed by atoms with Gasteiger partial charge in [0, 0.05) is 23.3 Å². The number of nitrogens with one attached hydrogen (secondary N) is 1. The van der Waals surface area contributed by atoms with E-state index >= 15 is 0 Å². The summed E-state index contributed by atoms with van der Waals surface area (Å²) in [5.74, 6) is 0.803. The van der Waals surface area contributed by atoms with Crippen LogP contribution in [0.4, 0.5) is 5.69 Å². The SMILES string of the molecule is COc1ccc(N(C)C(=O)Cc2sc(=S)[nH]c2C)cc1. The molecule has 0 unspecified atom stereocenters. The molecule has 0 aliphatic carbocycles. The molecule has 4 nitrogen and oxygen atoms in total. The van der Waals surface area contributed by atoms with E-state index in [9.17, 15) is 4.79 Å². The number of nitrogens with zero attached hydrogens (tertiary/aromatic N) is 1. The number of benzene rings is 1. The van der Waals surface area contributed by atoms with Gasteiger partial charge in [0.15, 0.2) is 3.95 Å². The van der Waals surface area contributed by atoms with Crippen molar-refractivity contribution in [3.05, 3.63) is 38.8 Å². The number of methoxy groups -OCH3 is 1. The van der Waals surface area contributed by atoms with Crippen LogP contribution < -0.4 is 9.64 Å². The number of amides is 1. The molecule has 0 aliphatic rings. The van der Waals surface area contributed by atoms with Crippen LogP contribution in [0, 0.1) is 10.9 Å². The smallest absolute Gasteiger partial charge is 0.232 e. The summed E-state index contributed by atoms with van der Waals surface area (Å²) in [5.41, 5.74) is 1.81. The van der Waals surface area contributed by atoms with Crippen LogP contribution in [0.2, 0.25) is 0 Å². The monoisotopic (exact) mass is 308 g/mol. The third-order valence-electron chi connectivity index (χ3n) is 3.07. The number of hydrogen-bond donors (Lipinski definition) is 1. The second kappa shape index (κ2) is 6.19. The summed E-state index contributed by atoms with van der Waals surface area (Å²) >= 11 is 6.54. The van der Waals surface area contributed by atoms with Crippen LogP contribution >= 0.6 is 23.6 Å². The highest BCUT2D eigenvalue weighted by molar-refractivity contribution is 7.73. The number of carbonyl (C=O) groups excluding carboxylic acids is 1. The maximum Gasteiger partial charge on any atom is 0.232 e. The summed E-state index contributed by atoms with van der Waals surface area (Å²) in [7, 11) is 3.39. The van der Waals surface area contributed by atoms with Crippen molar-refractivity contribution >= 4 is 35.1 Å². The van der Waals surface area contributed by atoms with Crippen LogP contribution in [-0.2, 0) is 11.2 Å². The van der Waals surface area contributed by atoms with Crippen LogP contribution in [0.3, 0.4) is 0 Å². The molecular formula is C14H16N2O2S2. The minimum absolute atomic E-state index is 0.0310. The van der Waals surface area contributed by atoms with E-state index in [1.54, 1.807) is 19.1 Å². The molecule has 0 fully saturated rings. The van der Waals surface area contributed by atoms with E-state index in [4.69, 9.17) is 17.0 Å². The number of aromatic amines is 1. The number of rotatable bonds is 4. The first-order chi connectivity index (χ1) is 9.51. The van der Waals surface area contributed by atoms with Crippen molar-refractivity contribution in [3.8, 4) is 5.75 Å². The number of likely N-dealkylation sites (N-methyl/N-ethyl adjacent to an activating group) is 1. The first-order valence-electron chi connectivity index (χ1n) is 6.10.